The Kier molecular flexibility index (Phi) is 9.53. The van der Waals surface area contributed by atoms with E-state index in [1.54, 1.807) is 19.3 Å². The highest BCUT2D eigenvalue weighted by Crippen LogP contribution is 2.17. The van der Waals surface area contributed by atoms with Crippen molar-refractivity contribution in [3.63, 3.8) is 0 Å². The molecule has 0 spiro atoms. The minimum absolute atomic E-state index is 0.112. The summed E-state index contributed by atoms with van der Waals surface area (Å²) in [5, 5.41) is 12.4. The van der Waals surface area contributed by atoms with Gasteiger partial charge < -0.3 is 19.9 Å². The van der Waals surface area contributed by atoms with Gasteiger partial charge >= 0.3 is 0 Å². The Hall–Kier alpha value is -2.51. The first kappa shape index (κ1) is 22.8. The summed E-state index contributed by atoms with van der Waals surface area (Å²) < 4.78 is 11.3. The van der Waals surface area contributed by atoms with E-state index in [2.05, 4.69) is 39.9 Å². The van der Waals surface area contributed by atoms with Crippen molar-refractivity contribution in [3.05, 3.63) is 48.0 Å². The molecule has 0 aromatic carbocycles. The van der Waals surface area contributed by atoms with E-state index in [-0.39, 0.29) is 12.7 Å². The molecule has 0 amide bonds. The van der Waals surface area contributed by atoms with Crippen LogP contribution in [0.15, 0.2) is 52.3 Å². The number of aromatic nitrogens is 1. The molecule has 1 aliphatic heterocycles. The van der Waals surface area contributed by atoms with Gasteiger partial charge in [-0.2, -0.15) is 0 Å². The van der Waals surface area contributed by atoms with Crippen molar-refractivity contribution < 1.29 is 14.6 Å². The lowest BCUT2D eigenvalue weighted by Crippen LogP contribution is -2.22. The molecule has 0 bridgehead atoms. The number of guanidine groups is 1. The zero-order valence-electron chi connectivity index (χ0n) is 17.6. The number of nitrogens with zero attached hydrogens (tertiary/aromatic N) is 3. The van der Waals surface area contributed by atoms with Crippen LogP contribution in [0.1, 0.15) is 45.2 Å². The van der Waals surface area contributed by atoms with Crippen molar-refractivity contribution in [2.45, 2.75) is 52.2 Å². The third-order valence-corrected chi connectivity index (χ3v) is 4.64. The fourth-order valence-electron chi connectivity index (χ4n) is 3.00. The van der Waals surface area contributed by atoms with Gasteiger partial charge in [0, 0.05) is 43.9 Å². The normalized spacial score (nSPS) is 16.6. The largest absolute Gasteiger partial charge is 0.495 e. The number of hydrogen-bond donors (Lipinski definition) is 2. The predicted molar refractivity (Wildman–Crippen MR) is 117 cm³/mol. The first-order chi connectivity index (χ1) is 14.0. The summed E-state index contributed by atoms with van der Waals surface area (Å²) in [5.41, 5.74) is 3.37. The van der Waals surface area contributed by atoms with Crippen LogP contribution in [0.3, 0.4) is 0 Å². The van der Waals surface area contributed by atoms with Crippen LogP contribution in [0.25, 0.3) is 0 Å². The topological polar surface area (TPSA) is 88.3 Å². The van der Waals surface area contributed by atoms with Crippen molar-refractivity contribution in [2.75, 3.05) is 25.6 Å². The molecule has 29 heavy (non-hydrogen) atoms. The van der Waals surface area contributed by atoms with Gasteiger partial charge in [0.1, 0.15) is 6.10 Å². The molecule has 1 saturated heterocycles. The van der Waals surface area contributed by atoms with Gasteiger partial charge in [-0.3, -0.25) is 9.98 Å². The lowest BCUT2D eigenvalue weighted by Gasteiger charge is -2.24. The fraction of sp³-hybridized carbons (Fsp3) is 0.500. The van der Waals surface area contributed by atoms with E-state index in [0.717, 1.165) is 55.2 Å². The number of hydrogen-bond acceptors (Lipinski definition) is 5. The molecule has 1 fully saturated rings. The maximum atomic E-state index is 9.23. The number of aliphatic imine (C=N–C) groups is 2. The Balaban J connectivity index is 1.99. The Bertz CT molecular complexity index is 765. The van der Waals surface area contributed by atoms with Crippen molar-refractivity contribution in [3.8, 4) is 0 Å². The second kappa shape index (κ2) is 12.1. The molecule has 1 aromatic heterocycles. The van der Waals surface area contributed by atoms with Crippen molar-refractivity contribution in [2.24, 2.45) is 9.98 Å². The number of aliphatic hydroxyl groups is 1. The highest BCUT2D eigenvalue weighted by Gasteiger charge is 2.15. The quantitative estimate of drug-likeness (QED) is 0.393. The number of rotatable bonds is 8. The summed E-state index contributed by atoms with van der Waals surface area (Å²) in [5.74, 6) is 1.26. The van der Waals surface area contributed by atoms with Crippen molar-refractivity contribution in [1.82, 2.24) is 4.98 Å². The lowest BCUT2D eigenvalue weighted by atomic mass is 10.1. The summed E-state index contributed by atoms with van der Waals surface area (Å²) in [6.07, 6.45) is 7.29. The molecule has 0 radical (unpaired) electrons. The predicted octanol–water partition coefficient (Wildman–Crippen LogP) is 3.87. The van der Waals surface area contributed by atoms with E-state index < -0.39 is 0 Å². The molecule has 0 aliphatic carbocycles. The number of ether oxygens (including phenoxy) is 2. The smallest absolute Gasteiger partial charge is 0.222 e. The van der Waals surface area contributed by atoms with Crippen molar-refractivity contribution >= 4 is 17.4 Å². The molecular weight excluding hydrogens is 368 g/mol. The first-order valence-corrected chi connectivity index (χ1v) is 10.0. The molecule has 0 saturated carbocycles. The monoisotopic (exact) mass is 400 g/mol. The highest BCUT2D eigenvalue weighted by molar-refractivity contribution is 6.08. The maximum absolute atomic E-state index is 9.23. The highest BCUT2D eigenvalue weighted by atomic mass is 16.5. The number of aliphatic hydroxyl groups excluding tert-OH is 1. The molecule has 158 valence electrons. The van der Waals surface area contributed by atoms with Crippen LogP contribution in [-0.4, -0.2) is 48.1 Å². The third-order valence-electron chi connectivity index (χ3n) is 4.64. The number of anilines is 1. The van der Waals surface area contributed by atoms with E-state index in [0.29, 0.717) is 18.1 Å². The van der Waals surface area contributed by atoms with Crippen molar-refractivity contribution in [1.29, 1.82) is 0 Å². The molecule has 2 rings (SSSR count). The molecule has 1 aromatic rings. The molecule has 2 heterocycles. The van der Waals surface area contributed by atoms with Gasteiger partial charge in [-0.1, -0.05) is 19.6 Å². The van der Waals surface area contributed by atoms with Crippen LogP contribution < -0.4 is 5.32 Å². The molecule has 7 nitrogen and oxygen atoms in total. The fourth-order valence-corrected chi connectivity index (χ4v) is 3.00. The summed E-state index contributed by atoms with van der Waals surface area (Å²) >= 11 is 0. The average Bonchev–Trinajstić information content (AvgIpc) is 2.74. The molecule has 7 heteroatoms. The summed E-state index contributed by atoms with van der Waals surface area (Å²) in [7, 11) is 1.69. The number of nitrogens with one attached hydrogen (secondary N) is 1. The molecule has 0 atom stereocenters. The van der Waals surface area contributed by atoms with Gasteiger partial charge in [0.25, 0.3) is 0 Å². The van der Waals surface area contributed by atoms with Gasteiger partial charge in [0.2, 0.25) is 5.96 Å². The number of pyridine rings is 1. The molecule has 0 unspecified atom stereocenters. The van der Waals surface area contributed by atoms with E-state index >= 15 is 0 Å². The summed E-state index contributed by atoms with van der Waals surface area (Å²) in [6, 6.07) is 3.58. The standard InChI is InChI=1S/C22H32N4O3/c1-5-18(7-6-16(2)29-21-9-12-28-13-10-21)17(3)25-22(23-4)26-19-8-11-24-20(14-19)15-27/h7-8,11,14,21,27H,2,5-6,9-10,12-13,15H2,1,3-4H3,(H,23,24,26)/b18-7+,25-17?. The van der Waals surface area contributed by atoms with Gasteiger partial charge in [-0.15, -0.1) is 0 Å². The molecule has 1 aliphatic rings. The average molecular weight is 401 g/mol. The second-order valence-corrected chi connectivity index (χ2v) is 6.82. The van der Waals surface area contributed by atoms with Crippen LogP contribution >= 0.6 is 0 Å². The third kappa shape index (κ3) is 7.79. The Morgan fingerprint density at radius 2 is 2.21 bits per heavy atom. The SMILES string of the molecule is C=C(C/C=C(\CC)C(C)=NC(=NC)Nc1ccnc(CO)c1)OC1CCOCC1. The van der Waals surface area contributed by atoms with E-state index in [1.807, 2.05) is 13.0 Å². The van der Waals surface area contributed by atoms with E-state index in [4.69, 9.17) is 9.47 Å². The van der Waals surface area contributed by atoms with Gasteiger partial charge in [0.05, 0.1) is 31.3 Å². The molecule has 2 N–H and O–H groups in total. The second-order valence-electron chi connectivity index (χ2n) is 6.82. The first-order valence-electron chi connectivity index (χ1n) is 10.0. The van der Waals surface area contributed by atoms with Crippen LogP contribution in [-0.2, 0) is 16.1 Å². The van der Waals surface area contributed by atoms with Gasteiger partial charge in [0.15, 0.2) is 0 Å². The van der Waals surface area contributed by atoms with E-state index in [9.17, 15) is 5.11 Å². The van der Waals surface area contributed by atoms with Crippen LogP contribution in [0.5, 0.6) is 0 Å². The number of allylic oxidation sites excluding steroid dienone is 2. The Morgan fingerprint density at radius 3 is 2.86 bits per heavy atom. The zero-order valence-corrected chi connectivity index (χ0v) is 17.6. The van der Waals surface area contributed by atoms with Crippen LogP contribution in [0.4, 0.5) is 5.69 Å². The Morgan fingerprint density at radius 1 is 1.45 bits per heavy atom. The van der Waals surface area contributed by atoms with E-state index in [1.165, 1.54) is 0 Å². The van der Waals surface area contributed by atoms with Crippen LogP contribution in [0.2, 0.25) is 0 Å². The Labute approximate surface area is 173 Å². The van der Waals surface area contributed by atoms with Gasteiger partial charge in [-0.25, -0.2) is 4.99 Å². The van der Waals surface area contributed by atoms with Crippen LogP contribution in [0, 0.1) is 0 Å². The summed E-state index contributed by atoms with van der Waals surface area (Å²) in [4.78, 5) is 12.9. The summed E-state index contributed by atoms with van der Waals surface area (Å²) in [6.45, 7) is 9.51. The minimum atomic E-state index is -0.112. The minimum Gasteiger partial charge on any atom is -0.495 e. The zero-order chi connectivity index (χ0) is 21.1. The van der Waals surface area contributed by atoms with Gasteiger partial charge in [-0.05, 0) is 31.1 Å². The lowest BCUT2D eigenvalue weighted by molar-refractivity contribution is -0.00453. The molecular formula is C22H32N4O3. The maximum Gasteiger partial charge on any atom is 0.222 e.